The maximum atomic E-state index is 13.2. The maximum Gasteiger partial charge on any atom is 0.213 e. The van der Waals surface area contributed by atoms with Crippen LogP contribution in [-0.4, -0.2) is 63.1 Å². The highest BCUT2D eigenvalue weighted by atomic mass is 127. The molecule has 0 aliphatic heterocycles. The molecule has 0 radical (unpaired) electrons. The van der Waals surface area contributed by atoms with Crippen molar-refractivity contribution >= 4 is 50.9 Å². The van der Waals surface area contributed by atoms with E-state index in [1.165, 1.54) is 16.4 Å². The molecule has 2 aromatic rings. The Morgan fingerprint density at radius 3 is 2.68 bits per heavy atom. The fourth-order valence-corrected chi connectivity index (χ4v) is 3.62. The van der Waals surface area contributed by atoms with Crippen molar-refractivity contribution in [2.75, 3.05) is 39.5 Å². The van der Waals surface area contributed by atoms with Crippen molar-refractivity contribution in [3.8, 4) is 0 Å². The van der Waals surface area contributed by atoms with Gasteiger partial charge in [0, 0.05) is 50.8 Å². The Hall–Kier alpha value is -1.40. The van der Waals surface area contributed by atoms with Gasteiger partial charge in [-0.3, -0.25) is 4.99 Å². The SMILES string of the molecule is CCS(=O)(=O)N(C)CCCNC(=NC)NCCc1c[nH]c2cc(F)ccc12.I. The summed E-state index contributed by atoms with van der Waals surface area (Å²) in [6.45, 7) is 3.40. The highest BCUT2D eigenvalue weighted by molar-refractivity contribution is 14.0. The van der Waals surface area contributed by atoms with Gasteiger partial charge in [0.2, 0.25) is 10.0 Å². The molecule has 28 heavy (non-hydrogen) atoms. The minimum atomic E-state index is -3.13. The first-order valence-corrected chi connectivity index (χ1v) is 10.6. The van der Waals surface area contributed by atoms with E-state index in [0.29, 0.717) is 32.0 Å². The van der Waals surface area contributed by atoms with Crippen LogP contribution in [0.25, 0.3) is 10.9 Å². The molecule has 0 bridgehead atoms. The Bertz CT molecular complexity index is 885. The number of fused-ring (bicyclic) bond motifs is 1. The van der Waals surface area contributed by atoms with Gasteiger partial charge in [-0.25, -0.2) is 17.1 Å². The number of halogens is 2. The topological polar surface area (TPSA) is 89.6 Å². The van der Waals surface area contributed by atoms with Crippen LogP contribution in [0.1, 0.15) is 18.9 Å². The molecule has 0 amide bonds. The number of nitrogens with one attached hydrogen (secondary N) is 3. The second-order valence-electron chi connectivity index (χ2n) is 6.26. The molecule has 10 heteroatoms. The lowest BCUT2D eigenvalue weighted by Gasteiger charge is -2.16. The molecule has 0 atom stereocenters. The van der Waals surface area contributed by atoms with E-state index in [1.807, 2.05) is 6.20 Å². The summed E-state index contributed by atoms with van der Waals surface area (Å²) in [4.78, 5) is 7.25. The summed E-state index contributed by atoms with van der Waals surface area (Å²) >= 11 is 0. The average Bonchev–Trinajstić information content (AvgIpc) is 3.05. The van der Waals surface area contributed by atoms with Crippen LogP contribution in [0.3, 0.4) is 0 Å². The van der Waals surface area contributed by atoms with Gasteiger partial charge in [-0.15, -0.1) is 24.0 Å². The number of hydrogen-bond acceptors (Lipinski definition) is 3. The second-order valence-corrected chi connectivity index (χ2v) is 8.62. The van der Waals surface area contributed by atoms with Crippen molar-refractivity contribution in [3.63, 3.8) is 0 Å². The first-order valence-electron chi connectivity index (χ1n) is 9.01. The van der Waals surface area contributed by atoms with Crippen molar-refractivity contribution in [2.45, 2.75) is 19.8 Å². The Morgan fingerprint density at radius 1 is 1.29 bits per heavy atom. The first-order chi connectivity index (χ1) is 12.9. The monoisotopic (exact) mass is 525 g/mol. The summed E-state index contributed by atoms with van der Waals surface area (Å²) in [5, 5.41) is 7.43. The second kappa shape index (κ2) is 11.6. The van der Waals surface area contributed by atoms with Gasteiger partial charge in [0.05, 0.1) is 5.75 Å². The minimum Gasteiger partial charge on any atom is -0.361 e. The van der Waals surface area contributed by atoms with E-state index in [-0.39, 0.29) is 35.5 Å². The molecule has 1 aromatic heterocycles. The third-order valence-electron chi connectivity index (χ3n) is 4.42. The van der Waals surface area contributed by atoms with Crippen LogP contribution in [0.2, 0.25) is 0 Å². The number of aliphatic imine (C=N–C) groups is 1. The highest BCUT2D eigenvalue weighted by Crippen LogP contribution is 2.19. The van der Waals surface area contributed by atoms with E-state index in [4.69, 9.17) is 0 Å². The number of aromatic amines is 1. The van der Waals surface area contributed by atoms with Crippen LogP contribution in [0.15, 0.2) is 29.4 Å². The quantitative estimate of drug-likeness (QED) is 0.203. The predicted octanol–water partition coefficient (Wildman–Crippen LogP) is 2.30. The Morgan fingerprint density at radius 2 is 2.00 bits per heavy atom. The minimum absolute atomic E-state index is 0. The van der Waals surface area contributed by atoms with Crippen LogP contribution in [0, 0.1) is 5.82 Å². The number of guanidine groups is 1. The van der Waals surface area contributed by atoms with Crippen molar-refractivity contribution in [1.82, 2.24) is 19.9 Å². The Labute approximate surface area is 183 Å². The molecular weight excluding hydrogens is 496 g/mol. The zero-order valence-corrected chi connectivity index (χ0v) is 19.6. The molecule has 2 rings (SSSR count). The third kappa shape index (κ3) is 6.89. The molecule has 0 aliphatic carbocycles. The van der Waals surface area contributed by atoms with E-state index < -0.39 is 10.0 Å². The van der Waals surface area contributed by atoms with Gasteiger partial charge in [-0.1, -0.05) is 0 Å². The molecular formula is C18H29FIN5O2S. The van der Waals surface area contributed by atoms with Gasteiger partial charge in [-0.05, 0) is 43.5 Å². The van der Waals surface area contributed by atoms with Crippen LogP contribution in [0.4, 0.5) is 4.39 Å². The lowest BCUT2D eigenvalue weighted by Crippen LogP contribution is -2.39. The molecule has 3 N–H and O–H groups in total. The largest absolute Gasteiger partial charge is 0.361 e. The van der Waals surface area contributed by atoms with Crippen LogP contribution >= 0.6 is 24.0 Å². The van der Waals surface area contributed by atoms with Gasteiger partial charge in [0.15, 0.2) is 5.96 Å². The molecule has 0 aliphatic rings. The fourth-order valence-electron chi connectivity index (χ4n) is 2.77. The molecule has 0 fully saturated rings. The lowest BCUT2D eigenvalue weighted by atomic mass is 10.1. The van der Waals surface area contributed by atoms with Gasteiger partial charge in [0.1, 0.15) is 5.82 Å². The standard InChI is InChI=1S/C18H28FN5O2S.HI/c1-4-27(25,26)24(3)11-5-9-21-18(20-2)22-10-8-14-13-23-17-12-15(19)6-7-16(14)17;/h6-7,12-13,23H,4-5,8-11H2,1-3H3,(H2,20,21,22);1H. The normalized spacial score (nSPS) is 12.2. The molecule has 0 unspecified atom stereocenters. The number of rotatable bonds is 9. The van der Waals surface area contributed by atoms with Crippen LogP contribution in [-0.2, 0) is 16.4 Å². The Balaban J connectivity index is 0.00000392. The van der Waals surface area contributed by atoms with Gasteiger partial charge in [-0.2, -0.15) is 0 Å². The van der Waals surface area contributed by atoms with Crippen molar-refractivity contribution in [1.29, 1.82) is 0 Å². The molecule has 0 saturated heterocycles. The first kappa shape index (κ1) is 24.6. The highest BCUT2D eigenvalue weighted by Gasteiger charge is 2.14. The summed E-state index contributed by atoms with van der Waals surface area (Å²) in [6.07, 6.45) is 3.35. The smallest absolute Gasteiger partial charge is 0.213 e. The molecule has 0 spiro atoms. The van der Waals surface area contributed by atoms with Crippen molar-refractivity contribution in [3.05, 3.63) is 35.8 Å². The molecule has 7 nitrogen and oxygen atoms in total. The molecule has 1 heterocycles. The van der Waals surface area contributed by atoms with E-state index in [0.717, 1.165) is 22.9 Å². The number of hydrogen-bond donors (Lipinski definition) is 3. The molecule has 158 valence electrons. The van der Waals surface area contributed by atoms with Gasteiger partial charge < -0.3 is 15.6 Å². The summed E-state index contributed by atoms with van der Waals surface area (Å²) < 4.78 is 38.0. The summed E-state index contributed by atoms with van der Waals surface area (Å²) in [6, 6.07) is 4.73. The van der Waals surface area contributed by atoms with Crippen LogP contribution < -0.4 is 10.6 Å². The van der Waals surface area contributed by atoms with Crippen molar-refractivity contribution < 1.29 is 12.8 Å². The number of benzene rings is 1. The number of H-pyrrole nitrogens is 1. The molecule has 1 aromatic carbocycles. The van der Waals surface area contributed by atoms with Gasteiger partial charge in [0.25, 0.3) is 0 Å². The fraction of sp³-hybridized carbons (Fsp3) is 0.500. The van der Waals surface area contributed by atoms with Gasteiger partial charge >= 0.3 is 0 Å². The van der Waals surface area contributed by atoms with E-state index >= 15 is 0 Å². The number of sulfonamides is 1. The van der Waals surface area contributed by atoms with E-state index in [2.05, 4.69) is 20.6 Å². The average molecular weight is 525 g/mol. The summed E-state index contributed by atoms with van der Waals surface area (Å²) in [5.41, 5.74) is 1.90. The van der Waals surface area contributed by atoms with E-state index in [1.54, 1.807) is 27.1 Å². The third-order valence-corrected chi connectivity index (χ3v) is 6.28. The number of aromatic nitrogens is 1. The number of nitrogens with zero attached hydrogens (tertiary/aromatic N) is 2. The molecule has 0 saturated carbocycles. The van der Waals surface area contributed by atoms with E-state index in [9.17, 15) is 12.8 Å². The summed E-state index contributed by atoms with van der Waals surface area (Å²) in [7, 11) is 0.157. The maximum absolute atomic E-state index is 13.2. The predicted molar refractivity (Wildman–Crippen MR) is 123 cm³/mol. The zero-order chi connectivity index (χ0) is 19.9. The van der Waals surface area contributed by atoms with Crippen molar-refractivity contribution in [2.24, 2.45) is 4.99 Å². The van der Waals surface area contributed by atoms with Crippen LogP contribution in [0.5, 0.6) is 0 Å². The Kier molecular flexibility index (Phi) is 10.2. The zero-order valence-electron chi connectivity index (χ0n) is 16.5. The summed E-state index contributed by atoms with van der Waals surface area (Å²) in [5.74, 6) is 0.526. The lowest BCUT2D eigenvalue weighted by molar-refractivity contribution is 0.461.